The molecule has 0 bridgehead atoms. The lowest BCUT2D eigenvalue weighted by Crippen LogP contribution is -2.16. The minimum Gasteiger partial charge on any atom is -0.369 e. The summed E-state index contributed by atoms with van der Waals surface area (Å²) in [6, 6.07) is 0. The number of aromatic nitrogens is 2. The van der Waals surface area contributed by atoms with Crippen molar-refractivity contribution in [3.05, 3.63) is 20.3 Å². The maximum atomic E-state index is 11.1. The quantitative estimate of drug-likeness (QED) is 0.544. The third kappa shape index (κ3) is 2.96. The van der Waals surface area contributed by atoms with Gasteiger partial charge in [0.05, 0.1) is 6.33 Å². The predicted octanol–water partition coefficient (Wildman–Crippen LogP) is 0.135. The highest BCUT2D eigenvalue weighted by Crippen LogP contribution is 2.07. The summed E-state index contributed by atoms with van der Waals surface area (Å²) >= 11 is 1.96. The van der Waals surface area contributed by atoms with Crippen molar-refractivity contribution >= 4 is 28.4 Å². The van der Waals surface area contributed by atoms with Crippen LogP contribution in [0, 0.1) is 3.57 Å². The van der Waals surface area contributed by atoms with Gasteiger partial charge in [-0.1, -0.05) is 0 Å². The van der Waals surface area contributed by atoms with Crippen molar-refractivity contribution in [3.63, 3.8) is 0 Å². The fourth-order valence-corrected chi connectivity index (χ4v) is 1.30. The van der Waals surface area contributed by atoms with Crippen molar-refractivity contribution in [2.75, 3.05) is 18.4 Å². The average Bonchev–Trinajstić information content (AvgIpc) is 2.13. The lowest BCUT2D eigenvalue weighted by atomic mass is 10.4. The van der Waals surface area contributed by atoms with Gasteiger partial charge in [0.1, 0.15) is 9.39 Å². The molecule has 0 aliphatic heterocycles. The van der Waals surface area contributed by atoms with Crippen LogP contribution in [0.4, 0.5) is 5.82 Å². The lowest BCUT2D eigenvalue weighted by Gasteiger charge is -2.04. The van der Waals surface area contributed by atoms with Crippen molar-refractivity contribution in [1.82, 2.24) is 9.97 Å². The van der Waals surface area contributed by atoms with Crippen molar-refractivity contribution in [1.29, 1.82) is 0 Å². The molecule has 1 rings (SSSR count). The Morgan fingerprint density at radius 2 is 2.46 bits per heavy atom. The predicted molar refractivity (Wildman–Crippen MR) is 59.7 cm³/mol. The van der Waals surface area contributed by atoms with Gasteiger partial charge in [0.15, 0.2) is 0 Å². The van der Waals surface area contributed by atoms with Crippen molar-refractivity contribution in [2.45, 2.75) is 6.42 Å². The Morgan fingerprint density at radius 3 is 3.15 bits per heavy atom. The van der Waals surface area contributed by atoms with E-state index in [-0.39, 0.29) is 5.56 Å². The number of nitrogens with zero attached hydrogens (tertiary/aromatic N) is 1. The first-order valence-electron chi connectivity index (χ1n) is 3.93. The van der Waals surface area contributed by atoms with Crippen LogP contribution in [0.1, 0.15) is 6.42 Å². The zero-order chi connectivity index (χ0) is 9.68. The zero-order valence-electron chi connectivity index (χ0n) is 7.01. The minimum atomic E-state index is -0.120. The van der Waals surface area contributed by atoms with E-state index in [0.717, 1.165) is 13.0 Å². The number of halogens is 1. The van der Waals surface area contributed by atoms with Crippen molar-refractivity contribution in [2.24, 2.45) is 5.73 Å². The number of rotatable bonds is 4. The molecule has 0 aliphatic rings. The van der Waals surface area contributed by atoms with Gasteiger partial charge in [-0.05, 0) is 35.6 Å². The number of anilines is 1. The van der Waals surface area contributed by atoms with Crippen LogP contribution in [0.5, 0.6) is 0 Å². The van der Waals surface area contributed by atoms with E-state index >= 15 is 0 Å². The number of nitrogens with two attached hydrogens (primary N) is 1. The molecule has 0 amide bonds. The molecule has 0 saturated carbocycles. The molecule has 0 unspecified atom stereocenters. The van der Waals surface area contributed by atoms with E-state index in [9.17, 15) is 4.79 Å². The Kier molecular flexibility index (Phi) is 4.16. The fraction of sp³-hybridized carbons (Fsp3) is 0.429. The van der Waals surface area contributed by atoms with E-state index in [2.05, 4.69) is 15.3 Å². The van der Waals surface area contributed by atoms with Gasteiger partial charge < -0.3 is 16.0 Å². The molecule has 0 radical (unpaired) electrons. The highest BCUT2D eigenvalue weighted by molar-refractivity contribution is 14.1. The van der Waals surface area contributed by atoms with Crippen LogP contribution in [-0.4, -0.2) is 23.1 Å². The molecule has 1 aromatic heterocycles. The lowest BCUT2D eigenvalue weighted by molar-refractivity contribution is 0.867. The molecule has 0 aromatic carbocycles. The van der Waals surface area contributed by atoms with Gasteiger partial charge in [0.2, 0.25) is 0 Å². The first kappa shape index (κ1) is 10.5. The van der Waals surface area contributed by atoms with Gasteiger partial charge in [0, 0.05) is 6.54 Å². The van der Waals surface area contributed by atoms with Gasteiger partial charge in [-0.25, -0.2) is 4.98 Å². The second-order valence-corrected chi connectivity index (χ2v) is 3.54. The van der Waals surface area contributed by atoms with Crippen molar-refractivity contribution < 1.29 is 0 Å². The largest absolute Gasteiger partial charge is 0.369 e. The average molecular weight is 294 g/mol. The smallest absolute Gasteiger partial charge is 0.266 e. The summed E-state index contributed by atoms with van der Waals surface area (Å²) in [4.78, 5) is 17.6. The SMILES string of the molecule is NCCCNc1nc[nH]c(=O)c1I. The molecule has 4 N–H and O–H groups in total. The molecule has 13 heavy (non-hydrogen) atoms. The second kappa shape index (κ2) is 5.18. The van der Waals surface area contributed by atoms with Crippen LogP contribution in [0.2, 0.25) is 0 Å². The highest BCUT2D eigenvalue weighted by atomic mass is 127. The van der Waals surface area contributed by atoms with E-state index in [0.29, 0.717) is 15.9 Å². The molecule has 0 atom stereocenters. The van der Waals surface area contributed by atoms with Gasteiger partial charge >= 0.3 is 0 Å². The Morgan fingerprint density at radius 1 is 1.69 bits per heavy atom. The second-order valence-electron chi connectivity index (χ2n) is 2.46. The number of hydrogen-bond acceptors (Lipinski definition) is 4. The van der Waals surface area contributed by atoms with Crippen LogP contribution in [0.15, 0.2) is 11.1 Å². The number of H-pyrrole nitrogens is 1. The molecule has 1 heterocycles. The van der Waals surface area contributed by atoms with E-state index in [1.54, 1.807) is 0 Å². The van der Waals surface area contributed by atoms with E-state index in [1.165, 1.54) is 6.33 Å². The van der Waals surface area contributed by atoms with Crippen LogP contribution >= 0.6 is 22.6 Å². The van der Waals surface area contributed by atoms with Crippen molar-refractivity contribution in [3.8, 4) is 0 Å². The summed E-state index contributed by atoms with van der Waals surface area (Å²) < 4.78 is 0.581. The highest BCUT2D eigenvalue weighted by Gasteiger charge is 2.02. The molecule has 0 fully saturated rings. The summed E-state index contributed by atoms with van der Waals surface area (Å²) in [5.41, 5.74) is 5.21. The number of hydrogen-bond donors (Lipinski definition) is 3. The Hall–Kier alpha value is -0.630. The Balaban J connectivity index is 2.66. The van der Waals surface area contributed by atoms with Gasteiger partial charge in [-0.2, -0.15) is 0 Å². The summed E-state index contributed by atoms with van der Waals surface area (Å²) in [6.07, 6.45) is 2.25. The van der Waals surface area contributed by atoms with Gasteiger partial charge in [-0.3, -0.25) is 4.79 Å². The maximum absolute atomic E-state index is 11.1. The van der Waals surface area contributed by atoms with Crippen LogP contribution in [0.25, 0.3) is 0 Å². The third-order valence-electron chi connectivity index (χ3n) is 1.47. The Labute approximate surface area is 89.3 Å². The van der Waals surface area contributed by atoms with Gasteiger partial charge in [0.25, 0.3) is 5.56 Å². The first-order chi connectivity index (χ1) is 6.25. The molecule has 72 valence electrons. The Bertz CT molecular complexity index is 325. The number of aromatic amines is 1. The van der Waals surface area contributed by atoms with Gasteiger partial charge in [-0.15, -0.1) is 0 Å². The summed E-state index contributed by atoms with van der Waals surface area (Å²) in [5.74, 6) is 0.623. The molecule has 0 spiro atoms. The summed E-state index contributed by atoms with van der Waals surface area (Å²) in [5, 5.41) is 3.04. The van der Waals surface area contributed by atoms with E-state index in [4.69, 9.17) is 5.73 Å². The van der Waals surface area contributed by atoms with E-state index < -0.39 is 0 Å². The van der Waals surface area contributed by atoms with E-state index in [1.807, 2.05) is 22.6 Å². The zero-order valence-corrected chi connectivity index (χ0v) is 9.17. The standard InChI is InChI=1S/C7H11IN4O/c8-5-6(10-3-1-2-9)11-4-12-7(5)13/h4H,1-3,9H2,(H2,10,11,12,13). The third-order valence-corrected chi connectivity index (χ3v) is 2.47. The fourth-order valence-electron chi connectivity index (χ4n) is 0.815. The van der Waals surface area contributed by atoms with Crippen LogP contribution < -0.4 is 16.6 Å². The van der Waals surface area contributed by atoms with Crippen LogP contribution in [-0.2, 0) is 0 Å². The molecule has 0 aliphatic carbocycles. The monoisotopic (exact) mass is 294 g/mol. The van der Waals surface area contributed by atoms with Crippen LogP contribution in [0.3, 0.4) is 0 Å². The molecule has 1 aromatic rings. The maximum Gasteiger partial charge on any atom is 0.266 e. The summed E-state index contributed by atoms with van der Waals surface area (Å²) in [6.45, 7) is 1.37. The number of nitrogens with one attached hydrogen (secondary N) is 2. The topological polar surface area (TPSA) is 83.8 Å². The molecular formula is C7H11IN4O. The first-order valence-corrected chi connectivity index (χ1v) is 5.00. The minimum absolute atomic E-state index is 0.120. The molecular weight excluding hydrogens is 283 g/mol. The molecule has 5 nitrogen and oxygen atoms in total. The molecule has 6 heteroatoms. The molecule has 0 saturated heterocycles. The summed E-state index contributed by atoms with van der Waals surface area (Å²) in [7, 11) is 0. The normalized spacial score (nSPS) is 10.0.